The minimum atomic E-state index is -5.01. The molecule has 1 aliphatic rings. The van der Waals surface area contributed by atoms with Crippen LogP contribution >= 0.6 is 11.6 Å². The molecule has 1 aromatic carbocycles. The van der Waals surface area contributed by atoms with Crippen molar-refractivity contribution in [2.24, 2.45) is 0 Å². The first-order valence-electron chi connectivity index (χ1n) is 7.20. The monoisotopic (exact) mass is 394 g/mol. The minimum absolute atomic E-state index is 0.0635. The zero-order chi connectivity index (χ0) is 19.5. The largest absolute Gasteiger partial charge is 0.573 e. The maximum Gasteiger partial charge on any atom is 0.573 e. The summed E-state index contributed by atoms with van der Waals surface area (Å²) >= 11 is 5.76. The number of ether oxygens (including phenoxy) is 2. The molecule has 7 nitrogen and oxygen atoms in total. The van der Waals surface area contributed by atoms with Crippen molar-refractivity contribution in [3.05, 3.63) is 34.5 Å². The summed E-state index contributed by atoms with van der Waals surface area (Å²) < 4.78 is 46.4. The fourth-order valence-electron chi connectivity index (χ4n) is 2.31. The van der Waals surface area contributed by atoms with Crippen LogP contribution in [0.1, 0.15) is 0 Å². The molecule has 0 spiro atoms. The second-order valence-corrected chi connectivity index (χ2v) is 5.49. The molecular formula is C15H14ClF3N2O5. The number of nitrogens with zero attached hydrogens (tertiary/aromatic N) is 1. The number of hydrogen-bond donors (Lipinski definition) is 2. The Morgan fingerprint density at radius 2 is 2.12 bits per heavy atom. The summed E-state index contributed by atoms with van der Waals surface area (Å²) in [5, 5.41) is 11.1. The molecule has 1 aromatic rings. The van der Waals surface area contributed by atoms with Crippen LogP contribution in [-0.2, 0) is 14.3 Å². The molecule has 0 atom stereocenters. The number of β-amino-alcohol motifs (C(OH)–C–C–N with tert-alkyl or cyclic N) is 1. The lowest BCUT2D eigenvalue weighted by atomic mass is 10.2. The van der Waals surface area contributed by atoms with Crippen molar-refractivity contribution < 1.29 is 37.3 Å². The fourth-order valence-corrected chi connectivity index (χ4v) is 2.52. The van der Waals surface area contributed by atoms with Crippen molar-refractivity contribution in [1.82, 2.24) is 4.90 Å². The number of rotatable bonds is 6. The summed E-state index contributed by atoms with van der Waals surface area (Å²) in [4.78, 5) is 25.4. The third-order valence-electron chi connectivity index (χ3n) is 3.40. The van der Waals surface area contributed by atoms with Crippen LogP contribution in [0.15, 0.2) is 29.5 Å². The normalized spacial score (nSPS) is 14.7. The van der Waals surface area contributed by atoms with Crippen LogP contribution in [0.3, 0.4) is 0 Å². The number of methoxy groups -OCH3 is 1. The summed E-state index contributed by atoms with van der Waals surface area (Å²) in [7, 11) is 1.10. The zero-order valence-corrected chi connectivity index (χ0v) is 14.1. The molecule has 0 unspecified atom stereocenters. The van der Waals surface area contributed by atoms with Crippen LogP contribution in [0.4, 0.5) is 18.9 Å². The second-order valence-electron chi connectivity index (χ2n) is 5.08. The van der Waals surface area contributed by atoms with Crippen molar-refractivity contribution >= 4 is 29.2 Å². The van der Waals surface area contributed by atoms with Gasteiger partial charge < -0.3 is 24.8 Å². The Morgan fingerprint density at radius 3 is 2.69 bits per heavy atom. The number of aliphatic hydroxyl groups is 1. The van der Waals surface area contributed by atoms with Crippen LogP contribution < -0.4 is 10.1 Å². The number of nitrogens with one attached hydrogen (secondary N) is 1. The topological polar surface area (TPSA) is 88.1 Å². The van der Waals surface area contributed by atoms with Crippen LogP contribution in [0.5, 0.6) is 5.75 Å². The first kappa shape index (κ1) is 19.9. The molecule has 26 heavy (non-hydrogen) atoms. The van der Waals surface area contributed by atoms with E-state index in [9.17, 15) is 22.8 Å². The first-order chi connectivity index (χ1) is 12.2. The average molecular weight is 395 g/mol. The van der Waals surface area contributed by atoms with Gasteiger partial charge in [0.15, 0.2) is 5.75 Å². The van der Waals surface area contributed by atoms with Crippen molar-refractivity contribution in [3.8, 4) is 5.75 Å². The number of hydrogen-bond acceptors (Lipinski definition) is 6. The maximum atomic E-state index is 12.6. The third-order valence-corrected chi connectivity index (χ3v) is 3.70. The van der Waals surface area contributed by atoms with Crippen LogP contribution in [0.25, 0.3) is 0 Å². The molecule has 11 heteroatoms. The van der Waals surface area contributed by atoms with E-state index in [1.165, 1.54) is 18.2 Å². The Bertz CT molecular complexity index is 751. The van der Waals surface area contributed by atoms with Gasteiger partial charge >= 0.3 is 12.3 Å². The minimum Gasteiger partial charge on any atom is -0.466 e. The molecule has 0 saturated heterocycles. The summed E-state index contributed by atoms with van der Waals surface area (Å²) in [5.74, 6) is -2.26. The van der Waals surface area contributed by atoms with E-state index in [2.05, 4.69) is 14.8 Å². The van der Waals surface area contributed by atoms with Crippen molar-refractivity contribution in [2.45, 2.75) is 6.36 Å². The standard InChI is InChI=1S/C15H14ClF3N2O5/c1-25-14(24)8-7-21(5-6-22)13(23)11(8)20-10-4-2-3-9(16)12(10)26-15(17,18)19/h2-4,20,22H,5-7H2,1H3. The Balaban J connectivity index is 2.43. The van der Waals surface area contributed by atoms with E-state index in [4.69, 9.17) is 16.7 Å². The van der Waals surface area contributed by atoms with Gasteiger partial charge in [0.2, 0.25) is 0 Å². The van der Waals surface area contributed by atoms with Crippen molar-refractivity contribution in [2.75, 3.05) is 32.1 Å². The number of esters is 1. The van der Waals surface area contributed by atoms with Gasteiger partial charge in [0.1, 0.15) is 5.70 Å². The summed E-state index contributed by atoms with van der Waals surface area (Å²) in [6.45, 7) is -0.580. The van der Waals surface area contributed by atoms with Gasteiger partial charge in [-0.05, 0) is 12.1 Å². The Hall–Kier alpha value is -2.46. The molecule has 142 valence electrons. The lowest BCUT2D eigenvalue weighted by Crippen LogP contribution is -2.31. The molecule has 1 aliphatic heterocycles. The van der Waals surface area contributed by atoms with Crippen molar-refractivity contribution in [1.29, 1.82) is 0 Å². The highest BCUT2D eigenvalue weighted by Gasteiger charge is 2.37. The van der Waals surface area contributed by atoms with Gasteiger partial charge in [-0.15, -0.1) is 13.2 Å². The molecule has 1 amide bonds. The number of amides is 1. The third kappa shape index (κ3) is 4.38. The van der Waals surface area contributed by atoms with Gasteiger partial charge in [0.25, 0.3) is 5.91 Å². The van der Waals surface area contributed by atoms with E-state index in [-0.39, 0.29) is 41.7 Å². The fraction of sp³-hybridized carbons (Fsp3) is 0.333. The quantitative estimate of drug-likeness (QED) is 0.717. The molecule has 0 aromatic heterocycles. The molecule has 0 bridgehead atoms. The van der Waals surface area contributed by atoms with Gasteiger partial charge in [-0.3, -0.25) is 4.79 Å². The molecule has 1 heterocycles. The van der Waals surface area contributed by atoms with Gasteiger partial charge in [-0.2, -0.15) is 0 Å². The predicted molar refractivity (Wildman–Crippen MR) is 84.5 cm³/mol. The number of halogens is 4. The Morgan fingerprint density at radius 1 is 1.42 bits per heavy atom. The highest BCUT2D eigenvalue weighted by atomic mass is 35.5. The number of anilines is 1. The van der Waals surface area contributed by atoms with E-state index < -0.39 is 24.0 Å². The second kappa shape index (κ2) is 7.83. The molecular weight excluding hydrogens is 381 g/mol. The van der Waals surface area contributed by atoms with E-state index in [0.29, 0.717) is 0 Å². The number of para-hydroxylation sites is 1. The van der Waals surface area contributed by atoms with Gasteiger partial charge in [-0.1, -0.05) is 17.7 Å². The van der Waals surface area contributed by atoms with Gasteiger partial charge in [-0.25, -0.2) is 4.79 Å². The Labute approximate surface area is 150 Å². The first-order valence-corrected chi connectivity index (χ1v) is 7.58. The molecule has 2 rings (SSSR count). The van der Waals surface area contributed by atoms with E-state index in [0.717, 1.165) is 12.0 Å². The van der Waals surface area contributed by atoms with Crippen LogP contribution in [0.2, 0.25) is 5.02 Å². The lowest BCUT2D eigenvalue weighted by molar-refractivity contribution is -0.274. The number of aliphatic hydroxyl groups excluding tert-OH is 1. The van der Waals surface area contributed by atoms with Gasteiger partial charge in [0.05, 0.1) is 36.5 Å². The van der Waals surface area contributed by atoms with E-state index in [1.807, 2.05) is 0 Å². The lowest BCUT2D eigenvalue weighted by Gasteiger charge is -2.17. The molecule has 0 saturated carbocycles. The number of alkyl halides is 3. The highest BCUT2D eigenvalue weighted by Crippen LogP contribution is 2.38. The van der Waals surface area contributed by atoms with E-state index in [1.54, 1.807) is 0 Å². The SMILES string of the molecule is COC(=O)C1=C(Nc2cccc(Cl)c2OC(F)(F)F)C(=O)N(CCO)C1. The maximum absolute atomic E-state index is 12.6. The number of carbonyl (C=O) groups excluding carboxylic acids is 2. The smallest absolute Gasteiger partial charge is 0.466 e. The molecule has 0 radical (unpaired) electrons. The van der Waals surface area contributed by atoms with Crippen LogP contribution in [-0.4, -0.2) is 55.1 Å². The molecule has 2 N–H and O–H groups in total. The average Bonchev–Trinajstić information content (AvgIpc) is 2.86. The van der Waals surface area contributed by atoms with E-state index >= 15 is 0 Å². The summed E-state index contributed by atoms with van der Waals surface area (Å²) in [5.41, 5.74) is -0.631. The molecule has 0 aliphatic carbocycles. The zero-order valence-electron chi connectivity index (χ0n) is 13.4. The summed E-state index contributed by atoms with van der Waals surface area (Å²) in [6.07, 6.45) is -5.01. The summed E-state index contributed by atoms with van der Waals surface area (Å²) in [6, 6.07) is 3.73. The van der Waals surface area contributed by atoms with Gasteiger partial charge in [0, 0.05) is 6.54 Å². The molecule has 0 fully saturated rings. The number of benzene rings is 1. The van der Waals surface area contributed by atoms with Crippen molar-refractivity contribution in [3.63, 3.8) is 0 Å². The van der Waals surface area contributed by atoms with Crippen LogP contribution in [0, 0.1) is 0 Å². The number of carbonyl (C=O) groups is 2. The predicted octanol–water partition coefficient (Wildman–Crippen LogP) is 1.91. The Kier molecular flexibility index (Phi) is 5.98. The highest BCUT2D eigenvalue weighted by molar-refractivity contribution is 6.32.